The fourth-order valence-electron chi connectivity index (χ4n) is 2.45. The summed E-state index contributed by atoms with van der Waals surface area (Å²) in [6.07, 6.45) is 1.25. The van der Waals surface area contributed by atoms with Gasteiger partial charge in [0.15, 0.2) is 5.78 Å². The highest BCUT2D eigenvalue weighted by Crippen LogP contribution is 2.46. The standard InChI is InChI=1S/C17H16O/c1-12-10-16(12)14-8-5-9-15(11-14)17(18)13-6-3-2-4-7-13/h2-9,11-12,16H,10H2,1H3. The van der Waals surface area contributed by atoms with Crippen molar-refractivity contribution in [2.75, 3.05) is 0 Å². The van der Waals surface area contributed by atoms with Crippen molar-refractivity contribution < 1.29 is 4.79 Å². The summed E-state index contributed by atoms with van der Waals surface area (Å²) in [4.78, 5) is 12.3. The van der Waals surface area contributed by atoms with Gasteiger partial charge in [0.25, 0.3) is 0 Å². The van der Waals surface area contributed by atoms with Crippen LogP contribution in [0, 0.1) is 5.92 Å². The van der Waals surface area contributed by atoms with E-state index in [9.17, 15) is 4.79 Å². The summed E-state index contributed by atoms with van der Waals surface area (Å²) >= 11 is 0. The summed E-state index contributed by atoms with van der Waals surface area (Å²) in [5.74, 6) is 1.55. The average Bonchev–Trinajstić information content (AvgIpc) is 3.16. The van der Waals surface area contributed by atoms with Crippen molar-refractivity contribution in [3.63, 3.8) is 0 Å². The van der Waals surface area contributed by atoms with Gasteiger partial charge in [-0.05, 0) is 29.9 Å². The molecule has 18 heavy (non-hydrogen) atoms. The molecule has 0 aromatic heterocycles. The molecule has 1 nitrogen and oxygen atoms in total. The van der Waals surface area contributed by atoms with Crippen molar-refractivity contribution in [3.05, 3.63) is 71.3 Å². The summed E-state index contributed by atoms with van der Waals surface area (Å²) in [6.45, 7) is 2.26. The lowest BCUT2D eigenvalue weighted by Crippen LogP contribution is -2.01. The lowest BCUT2D eigenvalue weighted by Gasteiger charge is -2.04. The molecular weight excluding hydrogens is 220 g/mol. The third-order valence-corrected chi connectivity index (χ3v) is 3.72. The van der Waals surface area contributed by atoms with Crippen molar-refractivity contribution in [3.8, 4) is 0 Å². The van der Waals surface area contributed by atoms with E-state index in [2.05, 4.69) is 19.1 Å². The van der Waals surface area contributed by atoms with Crippen molar-refractivity contribution in [2.24, 2.45) is 5.92 Å². The molecule has 0 aliphatic heterocycles. The van der Waals surface area contributed by atoms with Gasteiger partial charge in [-0.25, -0.2) is 0 Å². The first-order valence-corrected chi connectivity index (χ1v) is 6.45. The largest absolute Gasteiger partial charge is 0.289 e. The first kappa shape index (κ1) is 11.2. The van der Waals surface area contributed by atoms with E-state index in [4.69, 9.17) is 0 Å². The summed E-state index contributed by atoms with van der Waals surface area (Å²) < 4.78 is 0. The zero-order valence-electron chi connectivity index (χ0n) is 10.5. The number of hydrogen-bond donors (Lipinski definition) is 0. The minimum Gasteiger partial charge on any atom is -0.289 e. The predicted molar refractivity (Wildman–Crippen MR) is 72.8 cm³/mol. The normalized spacial score (nSPS) is 21.6. The van der Waals surface area contributed by atoms with Gasteiger partial charge in [0.2, 0.25) is 0 Å². The highest BCUT2D eigenvalue weighted by molar-refractivity contribution is 6.09. The van der Waals surface area contributed by atoms with Crippen LogP contribution in [0.15, 0.2) is 54.6 Å². The predicted octanol–water partition coefficient (Wildman–Crippen LogP) is 4.04. The second kappa shape index (κ2) is 4.41. The van der Waals surface area contributed by atoms with Gasteiger partial charge in [0.05, 0.1) is 0 Å². The van der Waals surface area contributed by atoms with Crippen LogP contribution < -0.4 is 0 Å². The molecule has 90 valence electrons. The summed E-state index contributed by atoms with van der Waals surface area (Å²) in [5.41, 5.74) is 2.88. The Hall–Kier alpha value is -1.89. The maximum atomic E-state index is 12.3. The van der Waals surface area contributed by atoms with Gasteiger partial charge in [-0.1, -0.05) is 55.5 Å². The van der Waals surface area contributed by atoms with E-state index >= 15 is 0 Å². The maximum Gasteiger partial charge on any atom is 0.193 e. The molecule has 1 heteroatoms. The fourth-order valence-corrected chi connectivity index (χ4v) is 2.45. The van der Waals surface area contributed by atoms with Gasteiger partial charge in [-0.2, -0.15) is 0 Å². The van der Waals surface area contributed by atoms with Crippen LogP contribution >= 0.6 is 0 Å². The van der Waals surface area contributed by atoms with Crippen LogP contribution in [0.2, 0.25) is 0 Å². The molecule has 0 bridgehead atoms. The van der Waals surface area contributed by atoms with E-state index in [1.54, 1.807) is 0 Å². The Labute approximate surface area is 107 Å². The first-order valence-electron chi connectivity index (χ1n) is 6.45. The Balaban J connectivity index is 1.90. The molecular formula is C17H16O. The first-order chi connectivity index (χ1) is 8.75. The minimum absolute atomic E-state index is 0.116. The highest BCUT2D eigenvalue weighted by Gasteiger charge is 2.34. The van der Waals surface area contributed by atoms with Gasteiger partial charge in [-0.15, -0.1) is 0 Å². The van der Waals surface area contributed by atoms with Gasteiger partial charge < -0.3 is 0 Å². The van der Waals surface area contributed by atoms with Crippen LogP contribution in [0.25, 0.3) is 0 Å². The average molecular weight is 236 g/mol. The van der Waals surface area contributed by atoms with Crippen LogP contribution in [0.4, 0.5) is 0 Å². The highest BCUT2D eigenvalue weighted by atomic mass is 16.1. The zero-order valence-corrected chi connectivity index (χ0v) is 10.5. The van der Waals surface area contributed by atoms with E-state index in [-0.39, 0.29) is 5.78 Å². The number of carbonyl (C=O) groups excluding carboxylic acids is 1. The molecule has 1 aliphatic rings. The number of rotatable bonds is 3. The van der Waals surface area contributed by atoms with Crippen LogP contribution in [0.5, 0.6) is 0 Å². The van der Waals surface area contributed by atoms with Gasteiger partial charge >= 0.3 is 0 Å². The molecule has 1 aliphatic carbocycles. The van der Waals surface area contributed by atoms with Gasteiger partial charge in [0.1, 0.15) is 0 Å². The number of hydrogen-bond acceptors (Lipinski definition) is 1. The second-order valence-electron chi connectivity index (χ2n) is 5.14. The zero-order chi connectivity index (χ0) is 12.5. The Morgan fingerprint density at radius 1 is 1.00 bits per heavy atom. The van der Waals surface area contributed by atoms with Crippen LogP contribution in [-0.4, -0.2) is 5.78 Å². The SMILES string of the molecule is CC1CC1c1cccc(C(=O)c2ccccc2)c1. The summed E-state index contributed by atoms with van der Waals surface area (Å²) in [5, 5.41) is 0. The van der Waals surface area contributed by atoms with E-state index in [0.717, 1.165) is 17.0 Å². The molecule has 2 aromatic rings. The quantitative estimate of drug-likeness (QED) is 0.735. The van der Waals surface area contributed by atoms with Crippen LogP contribution in [-0.2, 0) is 0 Å². The van der Waals surface area contributed by atoms with Gasteiger partial charge in [0, 0.05) is 11.1 Å². The van der Waals surface area contributed by atoms with Gasteiger partial charge in [-0.3, -0.25) is 4.79 Å². The summed E-state index contributed by atoms with van der Waals surface area (Å²) in [6, 6.07) is 17.6. The fraction of sp³-hybridized carbons (Fsp3) is 0.235. The number of ketones is 1. The maximum absolute atomic E-state index is 12.3. The lowest BCUT2D eigenvalue weighted by molar-refractivity contribution is 0.103. The monoisotopic (exact) mass is 236 g/mol. The van der Waals surface area contributed by atoms with E-state index in [1.165, 1.54) is 12.0 Å². The van der Waals surface area contributed by atoms with Crippen LogP contribution in [0.3, 0.4) is 0 Å². The van der Waals surface area contributed by atoms with Crippen molar-refractivity contribution in [2.45, 2.75) is 19.3 Å². The third kappa shape index (κ3) is 2.08. The molecule has 0 N–H and O–H groups in total. The Bertz CT molecular complexity index is 571. The minimum atomic E-state index is 0.116. The number of carbonyl (C=O) groups is 1. The molecule has 0 amide bonds. The van der Waals surface area contributed by atoms with Crippen LogP contribution in [0.1, 0.15) is 40.7 Å². The molecule has 1 fully saturated rings. The molecule has 0 heterocycles. The molecule has 2 atom stereocenters. The Morgan fingerprint density at radius 3 is 2.33 bits per heavy atom. The van der Waals surface area contributed by atoms with Crippen molar-refractivity contribution >= 4 is 5.78 Å². The lowest BCUT2D eigenvalue weighted by atomic mass is 9.99. The molecule has 0 saturated heterocycles. The molecule has 2 unspecified atom stereocenters. The molecule has 3 rings (SSSR count). The van der Waals surface area contributed by atoms with E-state index in [0.29, 0.717) is 5.92 Å². The second-order valence-corrected chi connectivity index (χ2v) is 5.14. The van der Waals surface area contributed by atoms with E-state index in [1.807, 2.05) is 42.5 Å². The van der Waals surface area contributed by atoms with Crippen molar-refractivity contribution in [1.82, 2.24) is 0 Å². The smallest absolute Gasteiger partial charge is 0.193 e. The number of benzene rings is 2. The van der Waals surface area contributed by atoms with E-state index < -0.39 is 0 Å². The van der Waals surface area contributed by atoms with Crippen molar-refractivity contribution in [1.29, 1.82) is 0 Å². The molecule has 0 radical (unpaired) electrons. The molecule has 0 spiro atoms. The Kier molecular flexibility index (Phi) is 2.75. The Morgan fingerprint density at radius 2 is 1.67 bits per heavy atom. The molecule has 2 aromatic carbocycles. The molecule has 1 saturated carbocycles. The summed E-state index contributed by atoms with van der Waals surface area (Å²) in [7, 11) is 0. The topological polar surface area (TPSA) is 17.1 Å². The third-order valence-electron chi connectivity index (χ3n) is 3.72.